The average Bonchev–Trinajstić information content (AvgIpc) is 2.96. The van der Waals surface area contributed by atoms with Crippen LogP contribution in [0.3, 0.4) is 0 Å². The highest BCUT2D eigenvalue weighted by Crippen LogP contribution is 2.13. The first-order valence-electron chi connectivity index (χ1n) is 7.60. The molecule has 3 rings (SSSR count). The number of H-pyrrole nitrogens is 1. The first kappa shape index (κ1) is 15.9. The van der Waals surface area contributed by atoms with Crippen LogP contribution in [0.4, 0.5) is 10.1 Å². The summed E-state index contributed by atoms with van der Waals surface area (Å²) in [7, 11) is 0. The fourth-order valence-electron chi connectivity index (χ4n) is 2.41. The van der Waals surface area contributed by atoms with Crippen LogP contribution in [0.15, 0.2) is 48.5 Å². The van der Waals surface area contributed by atoms with E-state index in [0.29, 0.717) is 18.1 Å². The van der Waals surface area contributed by atoms with Gasteiger partial charge in [-0.15, -0.1) is 0 Å². The van der Waals surface area contributed by atoms with E-state index in [1.165, 1.54) is 17.7 Å². The fraction of sp³-hybridized carbons (Fsp3) is 0.167. The Bertz CT molecular complexity index is 859. The third kappa shape index (κ3) is 4.04. The van der Waals surface area contributed by atoms with Crippen LogP contribution < -0.4 is 5.32 Å². The van der Waals surface area contributed by atoms with Crippen molar-refractivity contribution in [1.82, 2.24) is 15.2 Å². The summed E-state index contributed by atoms with van der Waals surface area (Å²) < 4.78 is 13.5. The second-order valence-electron chi connectivity index (χ2n) is 5.57. The number of anilines is 1. The minimum Gasteiger partial charge on any atom is -0.323 e. The Morgan fingerprint density at radius 2 is 2.04 bits per heavy atom. The fourth-order valence-corrected chi connectivity index (χ4v) is 2.41. The number of nitrogens with one attached hydrogen (secondary N) is 2. The molecule has 0 fully saturated rings. The Hall–Kier alpha value is -3.02. The van der Waals surface area contributed by atoms with E-state index in [2.05, 4.69) is 26.6 Å². The average molecular weight is 324 g/mol. The van der Waals surface area contributed by atoms with Gasteiger partial charge in [0.1, 0.15) is 11.6 Å². The number of nitrogens with zero attached hydrogens (tertiary/aromatic N) is 2. The van der Waals surface area contributed by atoms with Crippen molar-refractivity contribution in [3.63, 3.8) is 0 Å². The Kier molecular flexibility index (Phi) is 4.65. The summed E-state index contributed by atoms with van der Waals surface area (Å²) in [6.45, 7) is 2.03. The number of benzene rings is 2. The lowest BCUT2D eigenvalue weighted by Gasteiger charge is -2.04. The van der Waals surface area contributed by atoms with Crippen molar-refractivity contribution in [3.8, 4) is 0 Å². The third-order valence-corrected chi connectivity index (χ3v) is 3.50. The number of carbonyl (C=O) groups excluding carboxylic acids is 1. The Balaban J connectivity index is 1.61. The molecule has 24 heavy (non-hydrogen) atoms. The molecular formula is C18H17FN4O. The first-order valence-corrected chi connectivity index (χ1v) is 7.60. The Morgan fingerprint density at radius 1 is 1.21 bits per heavy atom. The van der Waals surface area contributed by atoms with Crippen molar-refractivity contribution in [3.05, 3.63) is 77.1 Å². The van der Waals surface area contributed by atoms with Crippen molar-refractivity contribution in [1.29, 1.82) is 0 Å². The van der Waals surface area contributed by atoms with Gasteiger partial charge in [-0.2, -0.15) is 5.10 Å². The van der Waals surface area contributed by atoms with Crippen LogP contribution in [0.2, 0.25) is 0 Å². The number of para-hydroxylation sites is 1. The summed E-state index contributed by atoms with van der Waals surface area (Å²) >= 11 is 0. The molecule has 0 unspecified atom stereocenters. The molecule has 6 heteroatoms. The molecule has 0 aliphatic carbocycles. The van der Waals surface area contributed by atoms with E-state index in [0.717, 1.165) is 5.56 Å². The van der Waals surface area contributed by atoms with Crippen molar-refractivity contribution < 1.29 is 9.18 Å². The number of hydrogen-bond acceptors (Lipinski definition) is 3. The lowest BCUT2D eigenvalue weighted by atomic mass is 10.1. The van der Waals surface area contributed by atoms with Crippen LogP contribution in [0.5, 0.6) is 0 Å². The van der Waals surface area contributed by atoms with Gasteiger partial charge in [-0.25, -0.2) is 9.37 Å². The third-order valence-electron chi connectivity index (χ3n) is 3.50. The molecular weight excluding hydrogens is 307 g/mol. The van der Waals surface area contributed by atoms with Crippen LogP contribution in [0.1, 0.15) is 22.8 Å². The molecule has 0 saturated carbocycles. The van der Waals surface area contributed by atoms with Crippen molar-refractivity contribution in [2.45, 2.75) is 19.8 Å². The number of rotatable bonds is 5. The van der Waals surface area contributed by atoms with Gasteiger partial charge < -0.3 is 5.32 Å². The maximum absolute atomic E-state index is 13.5. The summed E-state index contributed by atoms with van der Waals surface area (Å²) in [6, 6.07) is 14.1. The van der Waals surface area contributed by atoms with Gasteiger partial charge in [-0.05, 0) is 24.6 Å². The highest BCUT2D eigenvalue weighted by atomic mass is 19.1. The maximum atomic E-state index is 13.5. The van der Waals surface area contributed by atoms with E-state index in [1.807, 2.05) is 25.1 Å². The zero-order valence-electron chi connectivity index (χ0n) is 13.2. The molecule has 0 aliphatic rings. The topological polar surface area (TPSA) is 70.7 Å². The minimum absolute atomic E-state index is 0.0152. The van der Waals surface area contributed by atoms with Crippen LogP contribution >= 0.6 is 0 Å². The largest absolute Gasteiger partial charge is 0.323 e. The van der Waals surface area contributed by atoms with Gasteiger partial charge in [0.05, 0.1) is 12.1 Å². The van der Waals surface area contributed by atoms with Gasteiger partial charge >= 0.3 is 0 Å². The van der Waals surface area contributed by atoms with Gasteiger partial charge in [0.15, 0.2) is 5.82 Å². The van der Waals surface area contributed by atoms with Crippen molar-refractivity contribution >= 4 is 11.6 Å². The van der Waals surface area contributed by atoms with Crippen molar-refractivity contribution in [2.24, 2.45) is 0 Å². The van der Waals surface area contributed by atoms with Gasteiger partial charge in [0.25, 0.3) is 0 Å². The van der Waals surface area contributed by atoms with E-state index in [-0.39, 0.29) is 18.0 Å². The maximum Gasteiger partial charge on any atom is 0.232 e. The predicted molar refractivity (Wildman–Crippen MR) is 89.1 cm³/mol. The summed E-state index contributed by atoms with van der Waals surface area (Å²) in [4.78, 5) is 16.3. The predicted octanol–water partition coefficient (Wildman–Crippen LogP) is 3.02. The molecule has 0 bridgehead atoms. The number of aromatic nitrogens is 3. The normalized spacial score (nSPS) is 10.6. The second-order valence-corrected chi connectivity index (χ2v) is 5.57. The molecule has 1 heterocycles. The minimum atomic E-state index is -0.471. The van der Waals surface area contributed by atoms with E-state index in [9.17, 15) is 9.18 Å². The monoisotopic (exact) mass is 324 g/mol. The molecule has 5 nitrogen and oxygen atoms in total. The standard InChI is InChI=1S/C18H17FN4O/c1-12-5-4-6-13(9-12)10-16-21-17(23-22-16)11-18(24)20-15-8-3-2-7-14(15)19/h2-9H,10-11H2,1H3,(H,20,24)(H,21,22,23). The number of hydrogen-bond donors (Lipinski definition) is 2. The number of amides is 1. The summed E-state index contributed by atoms with van der Waals surface area (Å²) in [5.41, 5.74) is 2.45. The highest BCUT2D eigenvalue weighted by molar-refractivity contribution is 5.91. The molecule has 3 aromatic rings. The van der Waals surface area contributed by atoms with Crippen molar-refractivity contribution in [2.75, 3.05) is 5.32 Å². The number of aromatic amines is 1. The zero-order chi connectivity index (χ0) is 16.9. The van der Waals surface area contributed by atoms with Gasteiger partial charge in [-0.1, -0.05) is 42.0 Å². The van der Waals surface area contributed by atoms with Crippen LogP contribution in [0.25, 0.3) is 0 Å². The number of halogens is 1. The molecule has 1 amide bonds. The molecule has 0 atom stereocenters. The molecule has 122 valence electrons. The Morgan fingerprint density at radius 3 is 2.83 bits per heavy atom. The van der Waals surface area contributed by atoms with E-state index in [4.69, 9.17) is 0 Å². The molecule has 0 radical (unpaired) electrons. The van der Waals surface area contributed by atoms with E-state index >= 15 is 0 Å². The van der Waals surface area contributed by atoms with Gasteiger partial charge in [0.2, 0.25) is 5.91 Å². The van der Waals surface area contributed by atoms with Gasteiger partial charge in [-0.3, -0.25) is 9.89 Å². The summed E-state index contributed by atoms with van der Waals surface area (Å²) in [6.07, 6.45) is 0.599. The van der Waals surface area contributed by atoms with Crippen LogP contribution in [-0.4, -0.2) is 21.1 Å². The lowest BCUT2D eigenvalue weighted by molar-refractivity contribution is -0.115. The molecule has 0 aliphatic heterocycles. The molecule has 0 saturated heterocycles. The van der Waals surface area contributed by atoms with Gasteiger partial charge in [0, 0.05) is 6.42 Å². The summed E-state index contributed by atoms with van der Waals surface area (Å²) in [5, 5.41) is 9.40. The zero-order valence-corrected chi connectivity index (χ0v) is 13.2. The quantitative estimate of drug-likeness (QED) is 0.758. The SMILES string of the molecule is Cc1cccc(Cc2nc(CC(=O)Nc3ccccc3F)n[nH]2)c1. The van der Waals surface area contributed by atoms with E-state index < -0.39 is 5.82 Å². The van der Waals surface area contributed by atoms with E-state index in [1.54, 1.807) is 12.1 Å². The lowest BCUT2D eigenvalue weighted by Crippen LogP contribution is -2.16. The highest BCUT2D eigenvalue weighted by Gasteiger charge is 2.11. The number of carbonyl (C=O) groups is 1. The molecule has 2 aromatic carbocycles. The second kappa shape index (κ2) is 7.04. The first-order chi connectivity index (χ1) is 11.6. The van der Waals surface area contributed by atoms with Crippen LogP contribution in [0, 0.1) is 12.7 Å². The molecule has 2 N–H and O–H groups in total. The van der Waals surface area contributed by atoms with Crippen LogP contribution in [-0.2, 0) is 17.6 Å². The number of aryl methyl sites for hydroxylation is 1. The molecule has 0 spiro atoms. The Labute approximate surface area is 138 Å². The smallest absolute Gasteiger partial charge is 0.232 e. The summed E-state index contributed by atoms with van der Waals surface area (Å²) in [5.74, 6) is 0.239. The molecule has 1 aromatic heterocycles.